The lowest BCUT2D eigenvalue weighted by Crippen LogP contribution is -2.43. The fourth-order valence-corrected chi connectivity index (χ4v) is 3.71. The van der Waals surface area contributed by atoms with Crippen LogP contribution in [0.5, 0.6) is 0 Å². The van der Waals surface area contributed by atoms with E-state index in [0.29, 0.717) is 6.42 Å². The molecule has 0 spiro atoms. The fourth-order valence-electron chi connectivity index (χ4n) is 1.98. The molecule has 0 radical (unpaired) electrons. The second-order valence-electron chi connectivity index (χ2n) is 4.29. The molecule has 0 aliphatic carbocycles. The number of hydrogen-bond donors (Lipinski definition) is 1. The minimum atomic E-state index is -3.05. The molecule has 1 heterocycles. The number of carbonyl (C=O) groups is 1. The second kappa shape index (κ2) is 7.66. The van der Waals surface area contributed by atoms with Crippen molar-refractivity contribution < 1.29 is 27.8 Å². The van der Waals surface area contributed by atoms with E-state index in [1.165, 1.54) is 4.90 Å². The van der Waals surface area contributed by atoms with Crippen LogP contribution in [0.1, 0.15) is 13.3 Å². The number of rotatable bonds is 7. The zero-order chi connectivity index (χ0) is 14.3. The first-order valence-electron chi connectivity index (χ1n) is 6.32. The van der Waals surface area contributed by atoms with Crippen LogP contribution < -0.4 is 0 Å². The zero-order valence-electron chi connectivity index (χ0n) is 11.1. The van der Waals surface area contributed by atoms with Crippen LogP contribution in [0.4, 0.5) is 4.79 Å². The van der Waals surface area contributed by atoms with Crippen molar-refractivity contribution in [3.8, 4) is 0 Å². The number of sulfone groups is 1. The molecule has 0 aromatic rings. The number of carbonyl (C=O) groups excluding carboxylic acids is 1. The van der Waals surface area contributed by atoms with Crippen LogP contribution >= 0.6 is 0 Å². The third-order valence-electron chi connectivity index (χ3n) is 2.86. The lowest BCUT2D eigenvalue weighted by Gasteiger charge is -2.27. The van der Waals surface area contributed by atoms with E-state index in [2.05, 4.69) is 0 Å². The maximum atomic E-state index is 11.8. The average molecular weight is 295 g/mol. The van der Waals surface area contributed by atoms with E-state index in [-0.39, 0.29) is 50.5 Å². The quantitative estimate of drug-likeness (QED) is 0.645. The Bertz CT molecular complexity index is 383. The van der Waals surface area contributed by atoms with Gasteiger partial charge < -0.3 is 19.5 Å². The predicted octanol–water partition coefficient (Wildman–Crippen LogP) is -0.359. The molecule has 1 aliphatic rings. The smallest absolute Gasteiger partial charge is 0.410 e. The van der Waals surface area contributed by atoms with Crippen molar-refractivity contribution in [2.24, 2.45) is 0 Å². The van der Waals surface area contributed by atoms with Crippen LogP contribution in [0.15, 0.2) is 0 Å². The molecular formula is C11H21NO6S. The standard InChI is InChI=1S/C11H21NO6S/c1-2-18-11(14)12(4-6-17-7-5-13)10-3-8-19(15,16)9-10/h10,13H,2-9H2,1H3/t10-/m0/s1. The Labute approximate surface area is 113 Å². The Balaban J connectivity index is 2.56. The summed E-state index contributed by atoms with van der Waals surface area (Å²) in [7, 11) is -3.05. The minimum Gasteiger partial charge on any atom is -0.450 e. The predicted molar refractivity (Wildman–Crippen MR) is 68.7 cm³/mol. The number of aliphatic hydroxyl groups excluding tert-OH is 1. The molecule has 112 valence electrons. The highest BCUT2D eigenvalue weighted by Gasteiger charge is 2.35. The van der Waals surface area contributed by atoms with Crippen molar-refractivity contribution in [2.45, 2.75) is 19.4 Å². The number of ether oxygens (including phenoxy) is 2. The van der Waals surface area contributed by atoms with Crippen molar-refractivity contribution in [1.29, 1.82) is 0 Å². The summed E-state index contributed by atoms with van der Waals surface area (Å²) >= 11 is 0. The summed E-state index contributed by atoms with van der Waals surface area (Å²) in [6, 6.07) is -0.346. The summed E-state index contributed by atoms with van der Waals surface area (Å²) in [5.41, 5.74) is 0. The van der Waals surface area contributed by atoms with Gasteiger partial charge in [-0.3, -0.25) is 0 Å². The van der Waals surface area contributed by atoms with Gasteiger partial charge in [-0.1, -0.05) is 0 Å². The van der Waals surface area contributed by atoms with Crippen LogP contribution in [0.25, 0.3) is 0 Å². The second-order valence-corrected chi connectivity index (χ2v) is 6.51. The van der Waals surface area contributed by atoms with E-state index in [4.69, 9.17) is 14.6 Å². The van der Waals surface area contributed by atoms with Gasteiger partial charge in [-0.2, -0.15) is 0 Å². The first kappa shape index (κ1) is 16.2. The maximum Gasteiger partial charge on any atom is 0.410 e. The topological polar surface area (TPSA) is 93.1 Å². The Morgan fingerprint density at radius 1 is 1.42 bits per heavy atom. The lowest BCUT2D eigenvalue weighted by atomic mass is 10.2. The minimum absolute atomic E-state index is 0.0220. The van der Waals surface area contributed by atoms with E-state index in [1.54, 1.807) is 6.92 Å². The van der Waals surface area contributed by atoms with Crippen molar-refractivity contribution in [3.05, 3.63) is 0 Å². The van der Waals surface area contributed by atoms with Crippen molar-refractivity contribution in [1.82, 2.24) is 4.90 Å². The summed E-state index contributed by atoms with van der Waals surface area (Å²) in [6.07, 6.45) is -0.0848. The van der Waals surface area contributed by atoms with Crippen LogP contribution in [0.3, 0.4) is 0 Å². The van der Waals surface area contributed by atoms with Gasteiger partial charge in [0.1, 0.15) is 0 Å². The van der Waals surface area contributed by atoms with Crippen LogP contribution in [0, 0.1) is 0 Å². The van der Waals surface area contributed by atoms with Gasteiger partial charge in [0.2, 0.25) is 0 Å². The van der Waals surface area contributed by atoms with Gasteiger partial charge in [-0.15, -0.1) is 0 Å². The monoisotopic (exact) mass is 295 g/mol. The summed E-state index contributed by atoms with van der Waals surface area (Å²) < 4.78 is 33.0. The van der Waals surface area contributed by atoms with Gasteiger partial charge in [0.15, 0.2) is 9.84 Å². The summed E-state index contributed by atoms with van der Waals surface area (Å²) in [5, 5.41) is 8.60. The normalized spacial score (nSPS) is 21.3. The molecule has 1 saturated heterocycles. The van der Waals surface area contributed by atoms with Crippen LogP contribution in [-0.4, -0.2) is 75.0 Å². The number of nitrogens with zero attached hydrogens (tertiary/aromatic N) is 1. The molecule has 1 amide bonds. The van der Waals surface area contributed by atoms with Crippen LogP contribution in [-0.2, 0) is 19.3 Å². The lowest BCUT2D eigenvalue weighted by molar-refractivity contribution is 0.0533. The maximum absolute atomic E-state index is 11.8. The van der Waals surface area contributed by atoms with E-state index >= 15 is 0 Å². The summed E-state index contributed by atoms with van der Waals surface area (Å²) in [6.45, 7) is 2.56. The van der Waals surface area contributed by atoms with Gasteiger partial charge in [-0.05, 0) is 13.3 Å². The van der Waals surface area contributed by atoms with Gasteiger partial charge in [0.05, 0.1) is 44.0 Å². The van der Waals surface area contributed by atoms with E-state index < -0.39 is 15.9 Å². The van der Waals surface area contributed by atoms with Crippen molar-refractivity contribution in [2.75, 3.05) is 44.5 Å². The van der Waals surface area contributed by atoms with Gasteiger partial charge in [0, 0.05) is 6.54 Å². The average Bonchev–Trinajstić information content (AvgIpc) is 2.69. The molecule has 1 rings (SSSR count). The number of amides is 1. The summed E-state index contributed by atoms with van der Waals surface area (Å²) in [4.78, 5) is 13.2. The molecule has 1 atom stereocenters. The van der Waals surface area contributed by atoms with Gasteiger partial charge in [0.25, 0.3) is 0 Å². The Hall–Kier alpha value is -0.860. The Morgan fingerprint density at radius 2 is 2.16 bits per heavy atom. The zero-order valence-corrected chi connectivity index (χ0v) is 11.9. The Morgan fingerprint density at radius 3 is 2.68 bits per heavy atom. The molecule has 0 aromatic heterocycles. The molecule has 0 aromatic carbocycles. The molecule has 1 fully saturated rings. The molecule has 7 nitrogen and oxygen atoms in total. The molecule has 8 heteroatoms. The molecule has 0 unspecified atom stereocenters. The molecular weight excluding hydrogens is 274 g/mol. The van der Waals surface area contributed by atoms with Gasteiger partial charge >= 0.3 is 6.09 Å². The van der Waals surface area contributed by atoms with E-state index in [1.807, 2.05) is 0 Å². The third kappa shape index (κ3) is 5.33. The van der Waals surface area contributed by atoms with Crippen LogP contribution in [0.2, 0.25) is 0 Å². The first-order chi connectivity index (χ1) is 9.00. The molecule has 0 bridgehead atoms. The first-order valence-corrected chi connectivity index (χ1v) is 8.14. The van der Waals surface area contributed by atoms with E-state index in [0.717, 1.165) is 0 Å². The van der Waals surface area contributed by atoms with Crippen molar-refractivity contribution >= 4 is 15.9 Å². The highest BCUT2D eigenvalue weighted by molar-refractivity contribution is 7.91. The number of hydrogen-bond acceptors (Lipinski definition) is 6. The summed E-state index contributed by atoms with van der Waals surface area (Å²) in [5.74, 6) is 0.0802. The third-order valence-corrected chi connectivity index (χ3v) is 4.61. The highest BCUT2D eigenvalue weighted by Crippen LogP contribution is 2.18. The van der Waals surface area contributed by atoms with Crippen molar-refractivity contribution in [3.63, 3.8) is 0 Å². The largest absolute Gasteiger partial charge is 0.450 e. The molecule has 1 N–H and O–H groups in total. The molecule has 1 aliphatic heterocycles. The molecule has 19 heavy (non-hydrogen) atoms. The fraction of sp³-hybridized carbons (Fsp3) is 0.909. The van der Waals surface area contributed by atoms with Gasteiger partial charge in [-0.25, -0.2) is 13.2 Å². The Kier molecular flexibility index (Phi) is 6.53. The number of aliphatic hydroxyl groups is 1. The SMILES string of the molecule is CCOC(=O)N(CCOCCO)[C@H]1CCS(=O)(=O)C1. The van der Waals surface area contributed by atoms with E-state index in [9.17, 15) is 13.2 Å². The highest BCUT2D eigenvalue weighted by atomic mass is 32.2. The molecule has 0 saturated carbocycles.